The zero-order valence-corrected chi connectivity index (χ0v) is 10.9. The van der Waals surface area contributed by atoms with Gasteiger partial charge in [-0.1, -0.05) is 18.2 Å². The molecular weight excluding hydrogens is 236 g/mol. The number of nitriles is 1. The zero-order valence-electron chi connectivity index (χ0n) is 10.9. The van der Waals surface area contributed by atoms with Gasteiger partial charge in [-0.2, -0.15) is 5.26 Å². The highest BCUT2D eigenvalue weighted by Gasteiger charge is 2.28. The predicted octanol–water partition coefficient (Wildman–Crippen LogP) is 2.27. The number of nitrogens with one attached hydrogen (secondary N) is 2. The molecule has 0 aliphatic carbocycles. The third-order valence-corrected chi connectivity index (χ3v) is 3.64. The van der Waals surface area contributed by atoms with Gasteiger partial charge in [0.1, 0.15) is 5.82 Å². The summed E-state index contributed by atoms with van der Waals surface area (Å²) in [4.78, 5) is 4.60. The zero-order chi connectivity index (χ0) is 13.3. The van der Waals surface area contributed by atoms with Gasteiger partial charge in [0.05, 0.1) is 17.1 Å². The first-order valence-electron chi connectivity index (χ1n) is 6.49. The van der Waals surface area contributed by atoms with Gasteiger partial charge in [-0.25, -0.2) is 4.98 Å². The van der Waals surface area contributed by atoms with Gasteiger partial charge in [-0.15, -0.1) is 0 Å². The molecule has 1 aromatic carbocycles. The van der Waals surface area contributed by atoms with E-state index in [9.17, 15) is 5.26 Å². The van der Waals surface area contributed by atoms with Crippen molar-refractivity contribution in [2.45, 2.75) is 18.9 Å². The van der Waals surface area contributed by atoms with Crippen LogP contribution in [-0.2, 0) is 0 Å². The number of benzene rings is 1. The first-order valence-corrected chi connectivity index (χ1v) is 6.49. The first kappa shape index (κ1) is 11.9. The van der Waals surface area contributed by atoms with Crippen molar-refractivity contribution in [2.24, 2.45) is 0 Å². The lowest BCUT2D eigenvalue weighted by atomic mass is 10.0. The van der Waals surface area contributed by atoms with E-state index in [2.05, 4.69) is 28.6 Å². The van der Waals surface area contributed by atoms with Gasteiger partial charge < -0.3 is 10.6 Å². The molecule has 2 N–H and O–H groups in total. The largest absolute Gasteiger partial charge is 0.364 e. The number of anilines is 1. The Bertz CT molecular complexity index is 651. The maximum absolute atomic E-state index is 9.27. The lowest BCUT2D eigenvalue weighted by Gasteiger charge is -2.25. The van der Waals surface area contributed by atoms with E-state index in [-0.39, 0.29) is 5.54 Å². The summed E-state index contributed by atoms with van der Waals surface area (Å²) in [6, 6.07) is 11.8. The fraction of sp³-hybridized carbons (Fsp3) is 0.333. The summed E-state index contributed by atoms with van der Waals surface area (Å²) in [5, 5.41) is 17.0. The van der Waals surface area contributed by atoms with Crippen molar-refractivity contribution in [1.29, 1.82) is 5.26 Å². The third kappa shape index (κ3) is 2.25. The molecule has 3 rings (SSSR count). The number of pyridine rings is 1. The van der Waals surface area contributed by atoms with Gasteiger partial charge in [0.2, 0.25) is 0 Å². The molecule has 1 fully saturated rings. The number of fused-ring (bicyclic) bond motifs is 1. The van der Waals surface area contributed by atoms with Gasteiger partial charge in [-0.05, 0) is 32.0 Å². The van der Waals surface area contributed by atoms with Gasteiger partial charge in [0, 0.05) is 17.5 Å². The minimum absolute atomic E-state index is 0.0161. The van der Waals surface area contributed by atoms with E-state index >= 15 is 0 Å². The van der Waals surface area contributed by atoms with E-state index in [0.717, 1.165) is 36.2 Å². The normalized spacial score (nSPS) is 22.3. The van der Waals surface area contributed by atoms with Crippen LogP contribution in [0.1, 0.15) is 18.9 Å². The fourth-order valence-corrected chi connectivity index (χ4v) is 2.56. The van der Waals surface area contributed by atoms with Crippen molar-refractivity contribution in [3.8, 4) is 6.07 Å². The van der Waals surface area contributed by atoms with Crippen molar-refractivity contribution in [2.75, 3.05) is 18.4 Å². The molecule has 2 heterocycles. The molecule has 1 aliphatic heterocycles. The van der Waals surface area contributed by atoms with Crippen molar-refractivity contribution >= 4 is 16.7 Å². The molecule has 4 nitrogen and oxygen atoms in total. The summed E-state index contributed by atoms with van der Waals surface area (Å²) in [6.45, 7) is 4.11. The van der Waals surface area contributed by atoms with Crippen LogP contribution in [0.25, 0.3) is 10.9 Å². The molecule has 1 aliphatic rings. The quantitative estimate of drug-likeness (QED) is 0.860. The summed E-state index contributed by atoms with van der Waals surface area (Å²) in [6.07, 6.45) is 1.06. The molecule has 2 aromatic rings. The van der Waals surface area contributed by atoms with Crippen LogP contribution in [0.3, 0.4) is 0 Å². The Morgan fingerprint density at radius 1 is 1.42 bits per heavy atom. The standard InChI is InChI=1S/C15H16N4/c1-15(6-7-17-10-15)19-14-8-11(9-16)12-4-2-3-5-13(12)18-14/h2-5,8,17H,6-7,10H2,1H3,(H,18,19). The molecule has 1 atom stereocenters. The summed E-state index contributed by atoms with van der Waals surface area (Å²) >= 11 is 0. The van der Waals surface area contributed by atoms with Gasteiger partial charge in [0.15, 0.2) is 0 Å². The van der Waals surface area contributed by atoms with Crippen molar-refractivity contribution < 1.29 is 0 Å². The first-order chi connectivity index (χ1) is 9.20. The summed E-state index contributed by atoms with van der Waals surface area (Å²) in [7, 11) is 0. The van der Waals surface area contributed by atoms with E-state index in [4.69, 9.17) is 0 Å². The van der Waals surface area contributed by atoms with Crippen LogP contribution >= 0.6 is 0 Å². The molecule has 1 unspecified atom stereocenters. The van der Waals surface area contributed by atoms with Crippen molar-refractivity contribution in [1.82, 2.24) is 10.3 Å². The Morgan fingerprint density at radius 2 is 2.26 bits per heavy atom. The Balaban J connectivity index is 2.03. The molecule has 0 radical (unpaired) electrons. The number of hydrogen-bond acceptors (Lipinski definition) is 4. The minimum atomic E-state index is 0.0161. The molecule has 1 saturated heterocycles. The molecule has 4 heteroatoms. The van der Waals surface area contributed by atoms with Crippen molar-refractivity contribution in [3.05, 3.63) is 35.9 Å². The topological polar surface area (TPSA) is 60.7 Å². The third-order valence-electron chi connectivity index (χ3n) is 3.64. The van der Waals surface area contributed by atoms with Crippen LogP contribution in [0.15, 0.2) is 30.3 Å². The molecular formula is C15H16N4. The second kappa shape index (κ2) is 4.52. The maximum atomic E-state index is 9.27. The van der Waals surface area contributed by atoms with E-state index in [1.807, 2.05) is 30.3 Å². The fourth-order valence-electron chi connectivity index (χ4n) is 2.56. The summed E-state index contributed by atoms with van der Waals surface area (Å²) in [5.74, 6) is 0.779. The van der Waals surface area contributed by atoms with Crippen LogP contribution in [-0.4, -0.2) is 23.6 Å². The van der Waals surface area contributed by atoms with Crippen LogP contribution in [0.5, 0.6) is 0 Å². The van der Waals surface area contributed by atoms with E-state index in [0.29, 0.717) is 5.56 Å². The Labute approximate surface area is 112 Å². The van der Waals surface area contributed by atoms with Crippen LogP contribution in [0.2, 0.25) is 0 Å². The van der Waals surface area contributed by atoms with Gasteiger partial charge in [0.25, 0.3) is 0 Å². The number of hydrogen-bond donors (Lipinski definition) is 2. The van der Waals surface area contributed by atoms with Crippen LogP contribution < -0.4 is 10.6 Å². The SMILES string of the molecule is CC1(Nc2cc(C#N)c3ccccc3n2)CCNC1. The Hall–Kier alpha value is -2.12. The minimum Gasteiger partial charge on any atom is -0.364 e. The highest BCUT2D eigenvalue weighted by Crippen LogP contribution is 2.24. The lowest BCUT2D eigenvalue weighted by Crippen LogP contribution is -2.37. The second-order valence-corrected chi connectivity index (χ2v) is 5.30. The average molecular weight is 252 g/mol. The Morgan fingerprint density at radius 3 is 3.00 bits per heavy atom. The smallest absolute Gasteiger partial charge is 0.128 e. The maximum Gasteiger partial charge on any atom is 0.128 e. The summed E-state index contributed by atoms with van der Waals surface area (Å²) in [5.41, 5.74) is 1.55. The predicted molar refractivity (Wildman–Crippen MR) is 76.0 cm³/mol. The number of nitrogens with zero attached hydrogens (tertiary/aromatic N) is 2. The highest BCUT2D eigenvalue weighted by atomic mass is 15.1. The van der Waals surface area contributed by atoms with E-state index < -0.39 is 0 Å². The van der Waals surface area contributed by atoms with E-state index in [1.165, 1.54) is 0 Å². The molecule has 96 valence electrons. The summed E-state index contributed by atoms with van der Waals surface area (Å²) < 4.78 is 0. The van der Waals surface area contributed by atoms with Gasteiger partial charge >= 0.3 is 0 Å². The lowest BCUT2D eigenvalue weighted by molar-refractivity contribution is 0.564. The monoisotopic (exact) mass is 252 g/mol. The molecule has 19 heavy (non-hydrogen) atoms. The van der Waals surface area contributed by atoms with E-state index in [1.54, 1.807) is 0 Å². The van der Waals surface area contributed by atoms with Gasteiger partial charge in [-0.3, -0.25) is 0 Å². The number of para-hydroxylation sites is 1. The second-order valence-electron chi connectivity index (χ2n) is 5.30. The number of aromatic nitrogens is 1. The van der Waals surface area contributed by atoms with Crippen LogP contribution in [0, 0.1) is 11.3 Å². The molecule has 0 saturated carbocycles. The molecule has 0 bridgehead atoms. The highest BCUT2D eigenvalue weighted by molar-refractivity contribution is 5.86. The molecule has 0 spiro atoms. The van der Waals surface area contributed by atoms with Crippen LogP contribution in [0.4, 0.5) is 5.82 Å². The van der Waals surface area contributed by atoms with Crippen molar-refractivity contribution in [3.63, 3.8) is 0 Å². The Kier molecular flexibility index (Phi) is 2.84. The molecule has 1 aromatic heterocycles. The number of rotatable bonds is 2. The molecule has 0 amide bonds. The average Bonchev–Trinajstić information content (AvgIpc) is 2.84.